The first kappa shape index (κ1) is 15.4. The topological polar surface area (TPSA) is 24.9 Å². The fourth-order valence-corrected chi connectivity index (χ4v) is 4.45. The third-order valence-electron chi connectivity index (χ3n) is 4.64. The lowest BCUT2D eigenvalue weighted by Gasteiger charge is -2.22. The second-order valence-electron chi connectivity index (χ2n) is 6.41. The molecule has 1 saturated carbocycles. The normalized spacial score (nSPS) is 15.3. The highest BCUT2D eigenvalue weighted by Crippen LogP contribution is 2.39. The van der Waals surface area contributed by atoms with Crippen LogP contribution in [0.4, 0.5) is 5.13 Å². The Hall–Kier alpha value is -2.13. The zero-order valence-corrected chi connectivity index (χ0v) is 14.6. The molecule has 3 aromatic rings. The molecule has 0 aliphatic heterocycles. The van der Waals surface area contributed by atoms with Gasteiger partial charge in [0, 0.05) is 11.6 Å². The highest BCUT2D eigenvalue weighted by Gasteiger charge is 2.18. The SMILES string of the molecule is c1ccc(-c2nc(NC3CCCCC3)sc2-c2ccccc2)cc1. The van der Waals surface area contributed by atoms with E-state index >= 15 is 0 Å². The van der Waals surface area contributed by atoms with E-state index < -0.39 is 0 Å². The third kappa shape index (κ3) is 3.36. The highest BCUT2D eigenvalue weighted by molar-refractivity contribution is 7.19. The van der Waals surface area contributed by atoms with Crippen LogP contribution in [-0.2, 0) is 0 Å². The van der Waals surface area contributed by atoms with Crippen molar-refractivity contribution in [1.29, 1.82) is 0 Å². The molecule has 0 unspecified atom stereocenters. The molecule has 0 bridgehead atoms. The number of thiazole rings is 1. The van der Waals surface area contributed by atoms with Crippen LogP contribution in [0.1, 0.15) is 32.1 Å². The van der Waals surface area contributed by atoms with Gasteiger partial charge in [-0.05, 0) is 18.4 Å². The average molecular weight is 334 g/mol. The summed E-state index contributed by atoms with van der Waals surface area (Å²) in [5.74, 6) is 0. The maximum absolute atomic E-state index is 4.96. The van der Waals surface area contributed by atoms with Crippen LogP contribution in [0.25, 0.3) is 21.7 Å². The summed E-state index contributed by atoms with van der Waals surface area (Å²) in [4.78, 5) is 6.21. The maximum atomic E-state index is 4.96. The molecule has 2 nitrogen and oxygen atoms in total. The number of rotatable bonds is 4. The van der Waals surface area contributed by atoms with Gasteiger partial charge in [-0.1, -0.05) is 91.3 Å². The van der Waals surface area contributed by atoms with Gasteiger partial charge in [0.15, 0.2) is 5.13 Å². The first-order chi connectivity index (χ1) is 11.9. The van der Waals surface area contributed by atoms with Crippen LogP contribution >= 0.6 is 11.3 Å². The van der Waals surface area contributed by atoms with Crippen molar-refractivity contribution >= 4 is 16.5 Å². The van der Waals surface area contributed by atoms with E-state index in [1.54, 1.807) is 11.3 Å². The Kier molecular flexibility index (Phi) is 4.61. The monoisotopic (exact) mass is 334 g/mol. The summed E-state index contributed by atoms with van der Waals surface area (Å²) >= 11 is 1.78. The van der Waals surface area contributed by atoms with Crippen molar-refractivity contribution in [2.75, 3.05) is 5.32 Å². The van der Waals surface area contributed by atoms with Gasteiger partial charge in [0.05, 0.1) is 10.6 Å². The molecule has 122 valence electrons. The minimum Gasteiger partial charge on any atom is -0.359 e. The Labute approximate surface area is 147 Å². The number of nitrogens with zero attached hydrogens (tertiary/aromatic N) is 1. The minimum atomic E-state index is 0.581. The Morgan fingerprint density at radius 2 is 1.42 bits per heavy atom. The minimum absolute atomic E-state index is 0.581. The summed E-state index contributed by atoms with van der Waals surface area (Å²) in [6.07, 6.45) is 6.57. The summed E-state index contributed by atoms with van der Waals surface area (Å²) in [6, 6.07) is 21.7. The predicted molar refractivity (Wildman–Crippen MR) is 103 cm³/mol. The van der Waals surface area contributed by atoms with E-state index in [-0.39, 0.29) is 0 Å². The van der Waals surface area contributed by atoms with Gasteiger partial charge in [0.2, 0.25) is 0 Å². The molecule has 1 aromatic heterocycles. The van der Waals surface area contributed by atoms with Crippen LogP contribution in [0.15, 0.2) is 60.7 Å². The van der Waals surface area contributed by atoms with Crippen LogP contribution < -0.4 is 5.32 Å². The van der Waals surface area contributed by atoms with Crippen molar-refractivity contribution in [1.82, 2.24) is 4.98 Å². The zero-order chi connectivity index (χ0) is 16.2. The number of anilines is 1. The van der Waals surface area contributed by atoms with Crippen LogP contribution in [0.2, 0.25) is 0 Å². The molecule has 0 spiro atoms. The van der Waals surface area contributed by atoms with Crippen LogP contribution in [0, 0.1) is 0 Å². The second-order valence-corrected chi connectivity index (χ2v) is 7.41. The Morgan fingerprint density at radius 1 is 0.792 bits per heavy atom. The van der Waals surface area contributed by atoms with Crippen LogP contribution in [0.3, 0.4) is 0 Å². The van der Waals surface area contributed by atoms with Crippen molar-refractivity contribution in [2.24, 2.45) is 0 Å². The van der Waals surface area contributed by atoms with Gasteiger partial charge < -0.3 is 5.32 Å². The lowest BCUT2D eigenvalue weighted by molar-refractivity contribution is 0.462. The molecule has 0 saturated heterocycles. The molecule has 0 radical (unpaired) electrons. The van der Waals surface area contributed by atoms with E-state index in [2.05, 4.69) is 66.0 Å². The Balaban J connectivity index is 1.70. The van der Waals surface area contributed by atoms with E-state index in [9.17, 15) is 0 Å². The Bertz CT molecular complexity index is 717. The van der Waals surface area contributed by atoms with Crippen molar-refractivity contribution in [3.8, 4) is 21.7 Å². The van der Waals surface area contributed by atoms with Crippen molar-refractivity contribution in [3.63, 3.8) is 0 Å². The molecule has 1 aliphatic rings. The summed E-state index contributed by atoms with van der Waals surface area (Å²) in [5.41, 5.74) is 3.51. The van der Waals surface area contributed by atoms with Gasteiger partial charge >= 0.3 is 0 Å². The fraction of sp³-hybridized carbons (Fsp3) is 0.286. The molecule has 3 heteroatoms. The molecular formula is C21H22N2S. The van der Waals surface area contributed by atoms with Gasteiger partial charge in [-0.2, -0.15) is 0 Å². The summed E-state index contributed by atoms with van der Waals surface area (Å²) in [6.45, 7) is 0. The number of hydrogen-bond acceptors (Lipinski definition) is 3. The van der Waals surface area contributed by atoms with Crippen molar-refractivity contribution in [3.05, 3.63) is 60.7 Å². The molecule has 4 rings (SSSR count). The van der Waals surface area contributed by atoms with E-state index in [0.29, 0.717) is 6.04 Å². The molecule has 0 atom stereocenters. The van der Waals surface area contributed by atoms with Gasteiger partial charge in [0.25, 0.3) is 0 Å². The number of nitrogens with one attached hydrogen (secondary N) is 1. The summed E-state index contributed by atoms with van der Waals surface area (Å²) in [7, 11) is 0. The van der Waals surface area contributed by atoms with Crippen LogP contribution in [0.5, 0.6) is 0 Å². The van der Waals surface area contributed by atoms with E-state index in [0.717, 1.165) is 10.8 Å². The molecule has 0 amide bonds. The molecule has 2 aromatic carbocycles. The Morgan fingerprint density at radius 3 is 2.08 bits per heavy atom. The first-order valence-corrected chi connectivity index (χ1v) is 9.60. The number of aromatic nitrogens is 1. The average Bonchev–Trinajstić information content (AvgIpc) is 3.08. The molecule has 24 heavy (non-hydrogen) atoms. The maximum Gasteiger partial charge on any atom is 0.184 e. The van der Waals surface area contributed by atoms with Crippen molar-refractivity contribution < 1.29 is 0 Å². The van der Waals surface area contributed by atoms with Gasteiger partial charge in [-0.3, -0.25) is 0 Å². The molecule has 1 N–H and O–H groups in total. The first-order valence-electron chi connectivity index (χ1n) is 8.78. The third-order valence-corrected chi connectivity index (χ3v) is 5.68. The smallest absolute Gasteiger partial charge is 0.184 e. The lowest BCUT2D eigenvalue weighted by atomic mass is 9.96. The quantitative estimate of drug-likeness (QED) is 0.612. The molecule has 1 fully saturated rings. The predicted octanol–water partition coefficient (Wildman–Crippen LogP) is 6.22. The van der Waals surface area contributed by atoms with Gasteiger partial charge in [0.1, 0.15) is 0 Å². The van der Waals surface area contributed by atoms with E-state index in [1.807, 2.05) is 0 Å². The molecular weight excluding hydrogens is 312 g/mol. The van der Waals surface area contributed by atoms with E-state index in [1.165, 1.54) is 48.1 Å². The lowest BCUT2D eigenvalue weighted by Crippen LogP contribution is -2.21. The standard InChI is InChI=1S/C21H22N2S/c1-4-10-16(11-5-1)19-20(17-12-6-2-7-13-17)24-21(23-19)22-18-14-8-3-9-15-18/h1-2,4-7,10-13,18H,3,8-9,14-15H2,(H,22,23). The van der Waals surface area contributed by atoms with Crippen molar-refractivity contribution in [2.45, 2.75) is 38.1 Å². The molecule has 1 aliphatic carbocycles. The summed E-state index contributed by atoms with van der Waals surface area (Å²) < 4.78 is 0. The van der Waals surface area contributed by atoms with Gasteiger partial charge in [-0.25, -0.2) is 4.98 Å². The summed E-state index contributed by atoms with van der Waals surface area (Å²) in [5, 5.41) is 4.74. The van der Waals surface area contributed by atoms with Crippen LogP contribution in [-0.4, -0.2) is 11.0 Å². The van der Waals surface area contributed by atoms with Gasteiger partial charge in [-0.15, -0.1) is 0 Å². The number of benzene rings is 2. The zero-order valence-electron chi connectivity index (χ0n) is 13.7. The number of hydrogen-bond donors (Lipinski definition) is 1. The largest absolute Gasteiger partial charge is 0.359 e. The second kappa shape index (κ2) is 7.18. The van der Waals surface area contributed by atoms with E-state index in [4.69, 9.17) is 4.98 Å². The fourth-order valence-electron chi connectivity index (χ4n) is 3.38. The molecule has 1 heterocycles. The highest BCUT2D eigenvalue weighted by atomic mass is 32.1.